The highest BCUT2D eigenvalue weighted by molar-refractivity contribution is 8.00. The molecule has 0 bridgehead atoms. The summed E-state index contributed by atoms with van der Waals surface area (Å²) in [5.41, 5.74) is 0. The summed E-state index contributed by atoms with van der Waals surface area (Å²) in [6, 6.07) is 3.71. The van der Waals surface area contributed by atoms with E-state index in [4.69, 9.17) is 0 Å². The molecule has 1 fully saturated rings. The van der Waals surface area contributed by atoms with Crippen LogP contribution in [-0.2, 0) is 16.6 Å². The van der Waals surface area contributed by atoms with Crippen LogP contribution < -0.4 is 5.32 Å². The van der Waals surface area contributed by atoms with Gasteiger partial charge in [0.25, 0.3) is 10.0 Å². The number of rotatable bonds is 5. The lowest BCUT2D eigenvalue weighted by Gasteiger charge is -2.35. The van der Waals surface area contributed by atoms with Gasteiger partial charge in [0.15, 0.2) is 0 Å². The molecule has 0 aromatic carbocycles. The molecule has 1 aromatic heterocycles. The molecule has 4 nitrogen and oxygen atoms in total. The second kappa shape index (κ2) is 6.79. The van der Waals surface area contributed by atoms with Gasteiger partial charge in [0, 0.05) is 35.0 Å². The Morgan fingerprint density at radius 2 is 2.15 bits per heavy atom. The fourth-order valence-corrected chi connectivity index (χ4v) is 6.65. The Hall–Kier alpha value is -0.0800. The third-order valence-electron chi connectivity index (χ3n) is 3.58. The molecule has 0 saturated carbocycles. The van der Waals surface area contributed by atoms with Crippen LogP contribution in [0.1, 0.15) is 25.6 Å². The minimum Gasteiger partial charge on any atom is -0.312 e. The predicted octanol–water partition coefficient (Wildman–Crippen LogP) is 2.37. The van der Waals surface area contributed by atoms with Gasteiger partial charge in [-0.05, 0) is 25.6 Å². The monoisotopic (exact) mass is 334 g/mol. The molecule has 1 aliphatic rings. The second-order valence-electron chi connectivity index (χ2n) is 4.93. The largest absolute Gasteiger partial charge is 0.312 e. The summed E-state index contributed by atoms with van der Waals surface area (Å²) < 4.78 is 27.6. The molecule has 1 N–H and O–H groups in total. The van der Waals surface area contributed by atoms with E-state index in [1.807, 2.05) is 31.7 Å². The number of hydrogen-bond donors (Lipinski definition) is 1. The van der Waals surface area contributed by atoms with Gasteiger partial charge in [-0.1, -0.05) is 13.8 Å². The maximum Gasteiger partial charge on any atom is 0.252 e. The van der Waals surface area contributed by atoms with E-state index < -0.39 is 10.0 Å². The van der Waals surface area contributed by atoms with Crippen LogP contribution in [0.5, 0.6) is 0 Å². The van der Waals surface area contributed by atoms with E-state index in [1.54, 1.807) is 10.4 Å². The number of nitrogens with one attached hydrogen (secondary N) is 1. The lowest BCUT2D eigenvalue weighted by Crippen LogP contribution is -2.47. The fraction of sp³-hybridized carbons (Fsp3) is 0.692. The predicted molar refractivity (Wildman–Crippen MR) is 87.0 cm³/mol. The zero-order valence-corrected chi connectivity index (χ0v) is 14.6. The Labute approximate surface area is 130 Å². The highest BCUT2D eigenvalue weighted by Gasteiger charge is 2.35. The number of nitrogens with zero attached hydrogens (tertiary/aromatic N) is 1. The lowest BCUT2D eigenvalue weighted by atomic mass is 10.2. The number of thiophene rings is 1. The number of thioether (sulfide) groups is 1. The Kier molecular flexibility index (Phi) is 5.53. The Bertz CT molecular complexity index is 542. The molecule has 2 atom stereocenters. The molecule has 2 heterocycles. The zero-order chi connectivity index (χ0) is 14.8. The molecule has 0 aliphatic carbocycles. The van der Waals surface area contributed by atoms with Crippen molar-refractivity contribution in [3.63, 3.8) is 0 Å². The van der Waals surface area contributed by atoms with Gasteiger partial charge in [-0.15, -0.1) is 11.3 Å². The van der Waals surface area contributed by atoms with Crippen molar-refractivity contribution >= 4 is 33.1 Å². The lowest BCUT2D eigenvalue weighted by molar-refractivity contribution is 0.341. The van der Waals surface area contributed by atoms with Crippen molar-refractivity contribution in [2.45, 2.75) is 42.8 Å². The van der Waals surface area contributed by atoms with Crippen LogP contribution in [0.25, 0.3) is 0 Å². The van der Waals surface area contributed by atoms with Crippen molar-refractivity contribution in [2.24, 2.45) is 0 Å². The summed E-state index contributed by atoms with van der Waals surface area (Å²) in [7, 11) is -3.34. The van der Waals surface area contributed by atoms with Crippen LogP contribution in [0.2, 0.25) is 0 Å². The third-order valence-corrected chi connectivity index (χ3v) is 8.45. The summed E-state index contributed by atoms with van der Waals surface area (Å²) in [6.07, 6.45) is 0. The third kappa shape index (κ3) is 3.39. The van der Waals surface area contributed by atoms with Gasteiger partial charge in [-0.25, -0.2) is 8.42 Å². The molecule has 1 aromatic rings. The molecule has 20 heavy (non-hydrogen) atoms. The van der Waals surface area contributed by atoms with E-state index in [2.05, 4.69) is 12.2 Å². The van der Waals surface area contributed by atoms with Crippen molar-refractivity contribution in [3.05, 3.63) is 17.0 Å². The van der Waals surface area contributed by atoms with Crippen LogP contribution in [0.15, 0.2) is 16.3 Å². The van der Waals surface area contributed by atoms with Crippen LogP contribution in [0.4, 0.5) is 0 Å². The maximum atomic E-state index is 12.7. The molecule has 0 amide bonds. The van der Waals surface area contributed by atoms with Gasteiger partial charge in [0.05, 0.1) is 0 Å². The van der Waals surface area contributed by atoms with Gasteiger partial charge in [-0.3, -0.25) is 0 Å². The number of sulfonamides is 1. The molecule has 0 radical (unpaired) electrons. The summed E-state index contributed by atoms with van der Waals surface area (Å²) in [5, 5.41) is 3.57. The molecule has 1 saturated heterocycles. The normalized spacial score (nSPS) is 24.9. The molecular formula is C13H22N2O2S3. The van der Waals surface area contributed by atoms with Gasteiger partial charge < -0.3 is 5.32 Å². The Morgan fingerprint density at radius 1 is 1.40 bits per heavy atom. The molecule has 0 spiro atoms. The van der Waals surface area contributed by atoms with E-state index >= 15 is 0 Å². The Balaban J connectivity index is 2.19. The summed E-state index contributed by atoms with van der Waals surface area (Å²) >= 11 is 3.22. The van der Waals surface area contributed by atoms with E-state index in [0.29, 0.717) is 16.0 Å². The fourth-order valence-electron chi connectivity index (χ4n) is 2.20. The highest BCUT2D eigenvalue weighted by atomic mass is 32.2. The second-order valence-corrected chi connectivity index (χ2v) is 9.70. The summed E-state index contributed by atoms with van der Waals surface area (Å²) in [4.78, 5) is 1.07. The van der Waals surface area contributed by atoms with Crippen LogP contribution in [0, 0.1) is 0 Å². The first-order chi connectivity index (χ1) is 9.46. The zero-order valence-electron chi connectivity index (χ0n) is 12.1. The van der Waals surface area contributed by atoms with Crippen molar-refractivity contribution in [1.29, 1.82) is 0 Å². The minimum absolute atomic E-state index is 0.0538. The SMILES string of the molecule is CCNCc1ccc(S(=O)(=O)N2CCSC(C)C2C)s1. The van der Waals surface area contributed by atoms with Gasteiger partial charge >= 0.3 is 0 Å². The van der Waals surface area contributed by atoms with Crippen LogP contribution in [-0.4, -0.2) is 42.9 Å². The van der Waals surface area contributed by atoms with Crippen molar-refractivity contribution in [3.8, 4) is 0 Å². The van der Waals surface area contributed by atoms with E-state index in [0.717, 1.165) is 23.7 Å². The molecular weight excluding hydrogens is 312 g/mol. The van der Waals surface area contributed by atoms with Crippen LogP contribution in [0.3, 0.4) is 0 Å². The van der Waals surface area contributed by atoms with E-state index in [9.17, 15) is 8.42 Å². The quantitative estimate of drug-likeness (QED) is 0.898. The standard InChI is InChI=1S/C13H22N2O2S3/c1-4-14-9-12-5-6-13(19-12)20(16,17)15-7-8-18-11(3)10(15)2/h5-6,10-11,14H,4,7-9H2,1-3H3. The first kappa shape index (κ1) is 16.3. The molecule has 2 rings (SSSR count). The van der Waals surface area contributed by atoms with E-state index in [1.165, 1.54) is 11.3 Å². The average Bonchev–Trinajstić information content (AvgIpc) is 2.89. The van der Waals surface area contributed by atoms with Gasteiger partial charge in [-0.2, -0.15) is 16.1 Å². The van der Waals surface area contributed by atoms with Crippen molar-refractivity contribution in [1.82, 2.24) is 9.62 Å². The molecule has 2 unspecified atom stereocenters. The van der Waals surface area contributed by atoms with Crippen molar-refractivity contribution in [2.75, 3.05) is 18.8 Å². The average molecular weight is 335 g/mol. The van der Waals surface area contributed by atoms with E-state index in [-0.39, 0.29) is 6.04 Å². The summed E-state index contributed by atoms with van der Waals surface area (Å²) in [6.45, 7) is 8.37. The maximum absolute atomic E-state index is 12.7. The van der Waals surface area contributed by atoms with Gasteiger partial charge in [0.1, 0.15) is 4.21 Å². The van der Waals surface area contributed by atoms with Gasteiger partial charge in [0.2, 0.25) is 0 Å². The molecule has 7 heteroatoms. The summed E-state index contributed by atoms with van der Waals surface area (Å²) in [5.74, 6) is 0.875. The smallest absolute Gasteiger partial charge is 0.252 e. The Morgan fingerprint density at radius 3 is 2.85 bits per heavy atom. The number of hydrogen-bond acceptors (Lipinski definition) is 5. The van der Waals surface area contributed by atoms with Crippen molar-refractivity contribution < 1.29 is 8.42 Å². The topological polar surface area (TPSA) is 49.4 Å². The molecule has 1 aliphatic heterocycles. The first-order valence-corrected chi connectivity index (χ1v) is 10.2. The first-order valence-electron chi connectivity index (χ1n) is 6.89. The highest BCUT2D eigenvalue weighted by Crippen LogP contribution is 2.32. The van der Waals surface area contributed by atoms with Crippen LogP contribution >= 0.6 is 23.1 Å². The molecule has 114 valence electrons. The minimum atomic E-state index is -3.34.